The Labute approximate surface area is 123 Å². The van der Waals surface area contributed by atoms with Gasteiger partial charge in [-0.1, -0.05) is 18.2 Å². The number of pyridine rings is 1. The maximum absolute atomic E-state index is 11.4. The van der Waals surface area contributed by atoms with Crippen LogP contribution in [0.25, 0.3) is 10.9 Å². The minimum absolute atomic E-state index is 0.149. The zero-order valence-electron chi connectivity index (χ0n) is 11.8. The normalized spacial score (nSPS) is 17.9. The average molecular weight is 280 g/mol. The van der Waals surface area contributed by atoms with Gasteiger partial charge in [-0.3, -0.25) is 9.78 Å². The van der Waals surface area contributed by atoms with Gasteiger partial charge in [-0.2, -0.15) is 5.26 Å². The molecule has 1 amide bonds. The fourth-order valence-electron chi connectivity index (χ4n) is 2.97. The van der Waals surface area contributed by atoms with Gasteiger partial charge in [0.1, 0.15) is 6.07 Å². The van der Waals surface area contributed by atoms with Crippen LogP contribution in [0.1, 0.15) is 17.5 Å². The number of hydrogen-bond donors (Lipinski definition) is 1. The Morgan fingerprint density at radius 3 is 3.00 bits per heavy atom. The van der Waals surface area contributed by atoms with E-state index in [0.29, 0.717) is 12.1 Å². The highest BCUT2D eigenvalue weighted by Crippen LogP contribution is 2.33. The summed E-state index contributed by atoms with van der Waals surface area (Å²) in [6, 6.07) is 8.15. The maximum Gasteiger partial charge on any atom is 0.222 e. The van der Waals surface area contributed by atoms with Gasteiger partial charge in [0.05, 0.1) is 22.7 Å². The number of amides is 1. The molecule has 1 aliphatic heterocycles. The van der Waals surface area contributed by atoms with Gasteiger partial charge in [-0.15, -0.1) is 0 Å². The Hall–Kier alpha value is -2.61. The van der Waals surface area contributed by atoms with Crippen molar-refractivity contribution in [1.82, 2.24) is 4.98 Å². The molecule has 1 aromatic heterocycles. The largest absolute Gasteiger partial charge is 0.369 e. The van der Waals surface area contributed by atoms with Crippen molar-refractivity contribution in [3.63, 3.8) is 0 Å². The van der Waals surface area contributed by atoms with E-state index < -0.39 is 0 Å². The van der Waals surface area contributed by atoms with Crippen LogP contribution in [-0.2, 0) is 4.79 Å². The number of carbonyl (C=O) groups is 1. The number of fused-ring (bicyclic) bond motifs is 1. The quantitative estimate of drug-likeness (QED) is 0.908. The monoisotopic (exact) mass is 280 g/mol. The first-order valence-electron chi connectivity index (χ1n) is 6.94. The van der Waals surface area contributed by atoms with Crippen LogP contribution in [-0.4, -0.2) is 24.0 Å². The van der Waals surface area contributed by atoms with E-state index in [2.05, 4.69) is 16.0 Å². The third-order valence-electron chi connectivity index (χ3n) is 4.10. The van der Waals surface area contributed by atoms with Gasteiger partial charge in [0.25, 0.3) is 0 Å². The fraction of sp³-hybridized carbons (Fsp3) is 0.312. The van der Waals surface area contributed by atoms with E-state index in [1.807, 2.05) is 25.1 Å². The van der Waals surface area contributed by atoms with Gasteiger partial charge in [-0.05, 0) is 18.9 Å². The molecule has 21 heavy (non-hydrogen) atoms. The van der Waals surface area contributed by atoms with Crippen molar-refractivity contribution in [2.75, 3.05) is 18.0 Å². The van der Waals surface area contributed by atoms with Gasteiger partial charge in [0.2, 0.25) is 5.91 Å². The van der Waals surface area contributed by atoms with Gasteiger partial charge in [-0.25, -0.2) is 0 Å². The van der Waals surface area contributed by atoms with Crippen molar-refractivity contribution in [3.8, 4) is 6.07 Å². The first kappa shape index (κ1) is 13.4. The first-order valence-corrected chi connectivity index (χ1v) is 6.94. The second-order valence-corrected chi connectivity index (χ2v) is 5.44. The number of carbonyl (C=O) groups excluding carboxylic acids is 1. The van der Waals surface area contributed by atoms with Crippen LogP contribution in [0.4, 0.5) is 5.69 Å². The van der Waals surface area contributed by atoms with E-state index in [-0.39, 0.29) is 11.8 Å². The highest BCUT2D eigenvalue weighted by atomic mass is 16.1. The topological polar surface area (TPSA) is 83.0 Å². The minimum atomic E-state index is -0.273. The van der Waals surface area contributed by atoms with Crippen molar-refractivity contribution >= 4 is 22.5 Å². The van der Waals surface area contributed by atoms with Crippen LogP contribution in [0, 0.1) is 24.2 Å². The molecule has 0 radical (unpaired) electrons. The summed E-state index contributed by atoms with van der Waals surface area (Å²) in [4.78, 5) is 17.8. The molecule has 1 fully saturated rings. The average Bonchev–Trinajstić information content (AvgIpc) is 2.96. The number of para-hydroxylation sites is 1. The SMILES string of the molecule is Cc1cccc2c(N3CC[C@H](C(N)=O)C3)c(C#N)cnc12. The molecule has 0 saturated carbocycles. The summed E-state index contributed by atoms with van der Waals surface area (Å²) in [6.45, 7) is 3.30. The van der Waals surface area contributed by atoms with Crippen LogP contribution < -0.4 is 10.6 Å². The molecule has 1 aromatic carbocycles. The number of nitrogens with zero attached hydrogens (tertiary/aromatic N) is 3. The lowest BCUT2D eigenvalue weighted by Crippen LogP contribution is -2.27. The Morgan fingerprint density at radius 2 is 2.33 bits per heavy atom. The zero-order chi connectivity index (χ0) is 15.0. The predicted octanol–water partition coefficient (Wildman–Crippen LogP) is 1.73. The third kappa shape index (κ3) is 2.19. The second-order valence-electron chi connectivity index (χ2n) is 5.44. The van der Waals surface area contributed by atoms with Crippen LogP contribution >= 0.6 is 0 Å². The molecule has 3 rings (SSSR count). The van der Waals surface area contributed by atoms with Crippen LogP contribution in [0.2, 0.25) is 0 Å². The van der Waals surface area contributed by atoms with Crippen LogP contribution in [0.15, 0.2) is 24.4 Å². The Bertz CT molecular complexity index is 763. The predicted molar refractivity (Wildman–Crippen MR) is 80.7 cm³/mol. The Morgan fingerprint density at radius 1 is 1.52 bits per heavy atom. The number of benzene rings is 1. The zero-order valence-corrected chi connectivity index (χ0v) is 11.8. The van der Waals surface area contributed by atoms with Crippen molar-refractivity contribution in [3.05, 3.63) is 35.5 Å². The van der Waals surface area contributed by atoms with Crippen molar-refractivity contribution in [1.29, 1.82) is 5.26 Å². The number of aromatic nitrogens is 1. The van der Waals surface area contributed by atoms with E-state index in [9.17, 15) is 10.1 Å². The lowest BCUT2D eigenvalue weighted by atomic mass is 10.1. The molecular formula is C16H16N4O. The number of nitriles is 1. The first-order chi connectivity index (χ1) is 10.1. The molecule has 0 spiro atoms. The molecular weight excluding hydrogens is 264 g/mol. The van der Waals surface area contributed by atoms with Crippen LogP contribution in [0.5, 0.6) is 0 Å². The number of aryl methyl sites for hydroxylation is 1. The molecule has 1 saturated heterocycles. The Balaban J connectivity index is 2.15. The molecule has 1 atom stereocenters. The molecule has 5 heteroatoms. The lowest BCUT2D eigenvalue weighted by molar-refractivity contribution is -0.121. The van der Waals surface area contributed by atoms with Gasteiger partial charge < -0.3 is 10.6 Å². The summed E-state index contributed by atoms with van der Waals surface area (Å²) >= 11 is 0. The summed E-state index contributed by atoms with van der Waals surface area (Å²) in [5.41, 5.74) is 8.78. The smallest absolute Gasteiger partial charge is 0.222 e. The van der Waals surface area contributed by atoms with Gasteiger partial charge in [0, 0.05) is 24.7 Å². The molecule has 2 N–H and O–H groups in total. The van der Waals surface area contributed by atoms with E-state index in [0.717, 1.165) is 35.1 Å². The van der Waals surface area contributed by atoms with Crippen molar-refractivity contribution < 1.29 is 4.79 Å². The minimum Gasteiger partial charge on any atom is -0.369 e. The molecule has 0 bridgehead atoms. The molecule has 106 valence electrons. The number of nitrogens with two attached hydrogens (primary N) is 1. The summed E-state index contributed by atoms with van der Waals surface area (Å²) in [6.07, 6.45) is 2.35. The standard InChI is InChI=1S/C16H16N4O/c1-10-3-2-4-13-14(10)19-8-12(7-17)15(13)20-6-5-11(9-20)16(18)21/h2-4,8,11H,5-6,9H2,1H3,(H2,18,21)/t11-/m0/s1. The maximum atomic E-state index is 11.4. The highest BCUT2D eigenvalue weighted by Gasteiger charge is 2.29. The molecule has 2 heterocycles. The molecule has 5 nitrogen and oxygen atoms in total. The number of rotatable bonds is 2. The molecule has 1 aliphatic rings. The highest BCUT2D eigenvalue weighted by molar-refractivity contribution is 5.96. The summed E-state index contributed by atoms with van der Waals surface area (Å²) < 4.78 is 0. The fourth-order valence-corrected chi connectivity index (χ4v) is 2.97. The number of hydrogen-bond acceptors (Lipinski definition) is 4. The van der Waals surface area contributed by atoms with Gasteiger partial charge >= 0.3 is 0 Å². The number of anilines is 1. The molecule has 2 aromatic rings. The van der Waals surface area contributed by atoms with E-state index in [4.69, 9.17) is 5.73 Å². The van der Waals surface area contributed by atoms with E-state index in [1.165, 1.54) is 0 Å². The summed E-state index contributed by atoms with van der Waals surface area (Å²) in [5.74, 6) is -0.421. The lowest BCUT2D eigenvalue weighted by Gasteiger charge is -2.21. The number of primary amides is 1. The van der Waals surface area contributed by atoms with E-state index in [1.54, 1.807) is 6.20 Å². The van der Waals surface area contributed by atoms with Crippen LogP contribution in [0.3, 0.4) is 0 Å². The molecule has 0 unspecified atom stereocenters. The van der Waals surface area contributed by atoms with E-state index >= 15 is 0 Å². The Kier molecular flexibility index (Phi) is 3.22. The van der Waals surface area contributed by atoms with Crippen molar-refractivity contribution in [2.45, 2.75) is 13.3 Å². The molecule has 0 aliphatic carbocycles. The third-order valence-corrected chi connectivity index (χ3v) is 4.10. The second kappa shape index (κ2) is 5.06. The van der Waals surface area contributed by atoms with Gasteiger partial charge in [0.15, 0.2) is 0 Å². The summed E-state index contributed by atoms with van der Waals surface area (Å²) in [7, 11) is 0. The van der Waals surface area contributed by atoms with Crippen molar-refractivity contribution in [2.24, 2.45) is 11.7 Å². The summed E-state index contributed by atoms with van der Waals surface area (Å²) in [5, 5.41) is 10.3.